The fraction of sp³-hybridized carbons (Fsp3) is 0.143. The molecule has 0 atom stereocenters. The van der Waals surface area contributed by atoms with E-state index in [0.717, 1.165) is 0 Å². The van der Waals surface area contributed by atoms with Crippen molar-refractivity contribution in [2.45, 2.75) is 0 Å². The molecule has 62 valence electrons. The number of aromatic nitrogens is 1. The number of halogens is 1. The summed E-state index contributed by atoms with van der Waals surface area (Å²) in [5.74, 6) is 2.07. The van der Waals surface area contributed by atoms with Crippen LogP contribution in [-0.4, -0.2) is 17.4 Å². The molecule has 1 aromatic rings. The van der Waals surface area contributed by atoms with E-state index in [9.17, 15) is 4.79 Å². The fourth-order valence-electron chi connectivity index (χ4n) is 0.578. The maximum Gasteiger partial charge on any atom is 0.271 e. The van der Waals surface area contributed by atoms with Gasteiger partial charge in [-0.3, -0.25) is 4.79 Å². The Hall–Kier alpha value is -0.860. The summed E-state index contributed by atoms with van der Waals surface area (Å²) in [6, 6.07) is 0. The SMILES string of the molecule is C#CCNC(=O)c1csc(Br)n1. The molecule has 0 fully saturated rings. The molecular weight excluding hydrogens is 240 g/mol. The van der Waals surface area contributed by atoms with Crippen molar-refractivity contribution in [3.05, 3.63) is 15.0 Å². The zero-order valence-electron chi connectivity index (χ0n) is 6.00. The van der Waals surface area contributed by atoms with Crippen molar-refractivity contribution in [2.24, 2.45) is 0 Å². The first-order valence-electron chi connectivity index (χ1n) is 3.06. The number of carbonyl (C=O) groups excluding carboxylic acids is 1. The Labute approximate surface area is 82.3 Å². The van der Waals surface area contributed by atoms with E-state index in [-0.39, 0.29) is 12.5 Å². The Kier molecular flexibility index (Phi) is 3.26. The summed E-state index contributed by atoms with van der Waals surface area (Å²) in [4.78, 5) is 15.1. The number of nitrogens with zero attached hydrogens (tertiary/aromatic N) is 1. The van der Waals surface area contributed by atoms with Gasteiger partial charge in [0.05, 0.1) is 6.54 Å². The molecule has 12 heavy (non-hydrogen) atoms. The van der Waals surface area contributed by atoms with Crippen LogP contribution < -0.4 is 5.32 Å². The van der Waals surface area contributed by atoms with Crippen LogP contribution >= 0.6 is 27.3 Å². The number of amides is 1. The summed E-state index contributed by atoms with van der Waals surface area (Å²) in [7, 11) is 0. The van der Waals surface area contributed by atoms with E-state index in [4.69, 9.17) is 6.42 Å². The van der Waals surface area contributed by atoms with Crippen molar-refractivity contribution in [1.82, 2.24) is 10.3 Å². The molecule has 3 nitrogen and oxygen atoms in total. The minimum Gasteiger partial charge on any atom is -0.340 e. The van der Waals surface area contributed by atoms with E-state index in [0.29, 0.717) is 9.61 Å². The zero-order valence-corrected chi connectivity index (χ0v) is 8.41. The smallest absolute Gasteiger partial charge is 0.271 e. The van der Waals surface area contributed by atoms with Crippen LogP contribution in [0.3, 0.4) is 0 Å². The van der Waals surface area contributed by atoms with Gasteiger partial charge in [-0.1, -0.05) is 5.92 Å². The maximum atomic E-state index is 11.1. The van der Waals surface area contributed by atoms with Crippen molar-refractivity contribution in [2.75, 3.05) is 6.54 Å². The van der Waals surface area contributed by atoms with Crippen LogP contribution in [0.5, 0.6) is 0 Å². The summed E-state index contributed by atoms with van der Waals surface area (Å²) < 4.78 is 0.688. The van der Waals surface area contributed by atoms with Crippen molar-refractivity contribution in [1.29, 1.82) is 0 Å². The Morgan fingerprint density at radius 3 is 3.17 bits per heavy atom. The van der Waals surface area contributed by atoms with Crippen LogP contribution in [0.15, 0.2) is 9.30 Å². The van der Waals surface area contributed by atoms with Gasteiger partial charge in [-0.25, -0.2) is 4.98 Å². The number of nitrogens with one attached hydrogen (secondary N) is 1. The average Bonchev–Trinajstić information content (AvgIpc) is 2.47. The van der Waals surface area contributed by atoms with Crippen LogP contribution in [0.4, 0.5) is 0 Å². The van der Waals surface area contributed by atoms with Crippen LogP contribution in [-0.2, 0) is 0 Å². The minimum absolute atomic E-state index is 0.230. The lowest BCUT2D eigenvalue weighted by atomic mass is 10.4. The lowest BCUT2D eigenvalue weighted by molar-refractivity contribution is 0.0954. The molecule has 0 unspecified atom stereocenters. The molecule has 0 aliphatic rings. The van der Waals surface area contributed by atoms with Gasteiger partial charge in [0, 0.05) is 5.38 Å². The van der Waals surface area contributed by atoms with Crippen LogP contribution in [0.2, 0.25) is 0 Å². The monoisotopic (exact) mass is 244 g/mol. The van der Waals surface area contributed by atoms with E-state index in [1.54, 1.807) is 5.38 Å². The maximum absolute atomic E-state index is 11.1. The highest BCUT2D eigenvalue weighted by Crippen LogP contribution is 2.15. The molecule has 0 aromatic carbocycles. The van der Waals surface area contributed by atoms with Crippen LogP contribution in [0.1, 0.15) is 10.5 Å². The standard InChI is InChI=1S/C7H5BrN2OS/c1-2-3-9-6(11)5-4-12-7(8)10-5/h1,4H,3H2,(H,9,11). The Bertz CT molecular complexity index is 328. The highest BCUT2D eigenvalue weighted by molar-refractivity contribution is 9.11. The lowest BCUT2D eigenvalue weighted by Crippen LogP contribution is -2.23. The number of hydrogen-bond donors (Lipinski definition) is 1. The van der Waals surface area contributed by atoms with Gasteiger partial charge in [-0.05, 0) is 15.9 Å². The number of rotatable bonds is 2. The molecule has 0 saturated carbocycles. The molecule has 0 spiro atoms. The van der Waals surface area contributed by atoms with Crippen molar-refractivity contribution in [3.63, 3.8) is 0 Å². The second kappa shape index (κ2) is 4.24. The van der Waals surface area contributed by atoms with Gasteiger partial charge < -0.3 is 5.32 Å². The van der Waals surface area contributed by atoms with Gasteiger partial charge >= 0.3 is 0 Å². The quantitative estimate of drug-likeness (QED) is 0.797. The second-order valence-corrected chi connectivity index (χ2v) is 4.01. The van der Waals surface area contributed by atoms with Gasteiger partial charge in [0.2, 0.25) is 0 Å². The molecule has 0 bridgehead atoms. The molecule has 1 aromatic heterocycles. The Balaban J connectivity index is 2.61. The number of carbonyl (C=O) groups is 1. The molecule has 0 aliphatic heterocycles. The number of terminal acetylenes is 1. The summed E-state index contributed by atoms with van der Waals surface area (Å²) in [6.07, 6.45) is 4.97. The van der Waals surface area contributed by atoms with E-state index in [1.165, 1.54) is 11.3 Å². The minimum atomic E-state index is -0.241. The first kappa shape index (κ1) is 9.23. The third kappa shape index (κ3) is 2.32. The summed E-state index contributed by atoms with van der Waals surface area (Å²) in [6.45, 7) is 0.230. The van der Waals surface area contributed by atoms with Crippen LogP contribution in [0.25, 0.3) is 0 Å². The molecule has 0 saturated heterocycles. The number of hydrogen-bond acceptors (Lipinski definition) is 3. The molecule has 1 heterocycles. The Morgan fingerprint density at radius 2 is 2.67 bits per heavy atom. The summed E-state index contributed by atoms with van der Waals surface area (Å²) >= 11 is 4.51. The first-order valence-corrected chi connectivity index (χ1v) is 4.74. The predicted octanol–water partition coefficient (Wildman–Crippen LogP) is 1.27. The molecular formula is C7H5BrN2OS. The van der Waals surface area contributed by atoms with Gasteiger partial charge in [0.1, 0.15) is 5.69 Å². The molecule has 1 rings (SSSR count). The van der Waals surface area contributed by atoms with E-state index in [2.05, 4.69) is 32.2 Å². The van der Waals surface area contributed by atoms with Gasteiger partial charge in [0.25, 0.3) is 5.91 Å². The van der Waals surface area contributed by atoms with Crippen LogP contribution in [0, 0.1) is 12.3 Å². The first-order chi connectivity index (χ1) is 5.74. The van der Waals surface area contributed by atoms with Crippen molar-refractivity contribution in [3.8, 4) is 12.3 Å². The zero-order chi connectivity index (χ0) is 8.97. The highest BCUT2D eigenvalue weighted by Gasteiger charge is 2.07. The van der Waals surface area contributed by atoms with Crippen molar-refractivity contribution < 1.29 is 4.79 Å². The third-order valence-corrected chi connectivity index (χ3v) is 2.42. The lowest BCUT2D eigenvalue weighted by Gasteiger charge is -1.94. The molecule has 5 heteroatoms. The van der Waals surface area contributed by atoms with Crippen molar-refractivity contribution >= 4 is 33.2 Å². The van der Waals surface area contributed by atoms with Gasteiger partial charge in [-0.2, -0.15) is 0 Å². The molecule has 1 amide bonds. The third-order valence-electron chi connectivity index (χ3n) is 1.06. The number of thiazole rings is 1. The fourth-order valence-corrected chi connectivity index (χ4v) is 1.57. The largest absolute Gasteiger partial charge is 0.340 e. The highest BCUT2D eigenvalue weighted by atomic mass is 79.9. The van der Waals surface area contributed by atoms with Gasteiger partial charge in [0.15, 0.2) is 3.92 Å². The summed E-state index contributed by atoms with van der Waals surface area (Å²) in [5, 5.41) is 4.17. The topological polar surface area (TPSA) is 42.0 Å². The Morgan fingerprint density at radius 1 is 1.92 bits per heavy atom. The van der Waals surface area contributed by atoms with Gasteiger partial charge in [-0.15, -0.1) is 17.8 Å². The van der Waals surface area contributed by atoms with E-state index < -0.39 is 0 Å². The second-order valence-electron chi connectivity index (χ2n) is 1.87. The normalized spacial score (nSPS) is 9.00. The molecule has 1 N–H and O–H groups in total. The molecule has 0 radical (unpaired) electrons. The average molecular weight is 245 g/mol. The molecule has 0 aliphatic carbocycles. The van der Waals surface area contributed by atoms with E-state index in [1.807, 2.05) is 0 Å². The predicted molar refractivity (Wildman–Crippen MR) is 51.0 cm³/mol. The summed E-state index contributed by atoms with van der Waals surface area (Å²) in [5.41, 5.74) is 0.391. The van der Waals surface area contributed by atoms with E-state index >= 15 is 0 Å².